The van der Waals surface area contributed by atoms with Gasteiger partial charge in [-0.25, -0.2) is 13.1 Å². The van der Waals surface area contributed by atoms with Crippen molar-refractivity contribution in [2.24, 2.45) is 5.92 Å². The molecule has 2 atom stereocenters. The molecular weight excluding hydrogens is 307 g/mol. The van der Waals surface area contributed by atoms with Crippen LogP contribution in [0.3, 0.4) is 0 Å². The van der Waals surface area contributed by atoms with E-state index in [9.17, 15) is 21.6 Å². The second-order valence-corrected chi connectivity index (χ2v) is 7.07. The van der Waals surface area contributed by atoms with Gasteiger partial charge in [-0.05, 0) is 26.7 Å². The molecule has 1 aromatic heterocycles. The van der Waals surface area contributed by atoms with Crippen molar-refractivity contribution in [2.75, 3.05) is 0 Å². The quantitative estimate of drug-likeness (QED) is 0.896. The molecule has 5 nitrogen and oxygen atoms in total. The minimum absolute atomic E-state index is 0.0416. The summed E-state index contributed by atoms with van der Waals surface area (Å²) in [7, 11) is -4.01. The molecule has 0 radical (unpaired) electrons. The number of hydrogen-bond donors (Lipinski definition) is 2. The van der Waals surface area contributed by atoms with Crippen LogP contribution in [0.4, 0.5) is 13.2 Å². The summed E-state index contributed by atoms with van der Waals surface area (Å²) in [4.78, 5) is -0.0611. The van der Waals surface area contributed by atoms with E-state index in [-0.39, 0.29) is 23.4 Å². The zero-order chi connectivity index (χ0) is 15.8. The molecule has 120 valence electrons. The Kier molecular flexibility index (Phi) is 4.34. The molecule has 21 heavy (non-hydrogen) atoms. The summed E-state index contributed by atoms with van der Waals surface area (Å²) >= 11 is 0. The van der Waals surface area contributed by atoms with Crippen molar-refractivity contribution < 1.29 is 21.6 Å². The third kappa shape index (κ3) is 3.39. The number of rotatable bonds is 3. The van der Waals surface area contributed by atoms with Crippen molar-refractivity contribution in [1.82, 2.24) is 14.9 Å². The lowest BCUT2D eigenvalue weighted by molar-refractivity contribution is -0.187. The van der Waals surface area contributed by atoms with Crippen molar-refractivity contribution >= 4 is 10.0 Å². The Morgan fingerprint density at radius 2 is 1.86 bits per heavy atom. The van der Waals surface area contributed by atoms with Crippen molar-refractivity contribution in [3.63, 3.8) is 0 Å². The minimum Gasteiger partial charge on any atom is -0.281 e. The van der Waals surface area contributed by atoms with E-state index < -0.39 is 28.2 Å². The molecule has 1 aromatic rings. The molecule has 9 heteroatoms. The van der Waals surface area contributed by atoms with Crippen LogP contribution >= 0.6 is 0 Å². The van der Waals surface area contributed by atoms with Crippen LogP contribution in [0.2, 0.25) is 0 Å². The molecule has 0 bridgehead atoms. The molecular formula is C12H18F3N3O2S. The number of alkyl halides is 3. The zero-order valence-electron chi connectivity index (χ0n) is 11.8. The summed E-state index contributed by atoms with van der Waals surface area (Å²) in [5, 5.41) is 6.31. The Labute approximate surface area is 121 Å². The Balaban J connectivity index is 2.27. The lowest BCUT2D eigenvalue weighted by Gasteiger charge is -2.33. The van der Waals surface area contributed by atoms with Crippen LogP contribution in [0.15, 0.2) is 4.90 Å². The molecule has 1 fully saturated rings. The van der Waals surface area contributed by atoms with Gasteiger partial charge in [0.15, 0.2) is 0 Å². The maximum Gasteiger partial charge on any atom is 0.393 e. The van der Waals surface area contributed by atoms with Gasteiger partial charge in [-0.1, -0.05) is 12.8 Å². The van der Waals surface area contributed by atoms with Crippen LogP contribution in [-0.2, 0) is 10.0 Å². The predicted octanol–water partition coefficient (Wildman–Crippen LogP) is 2.43. The molecule has 1 aliphatic rings. The van der Waals surface area contributed by atoms with E-state index in [0.29, 0.717) is 18.5 Å². The molecule has 1 aliphatic carbocycles. The molecule has 2 rings (SSSR count). The normalized spacial score (nSPS) is 24.2. The molecule has 0 amide bonds. The first-order valence-corrected chi connectivity index (χ1v) is 8.22. The van der Waals surface area contributed by atoms with Gasteiger partial charge in [0, 0.05) is 6.04 Å². The number of H-pyrrole nitrogens is 1. The number of sulfonamides is 1. The Bertz CT molecular complexity index is 590. The average Bonchev–Trinajstić information content (AvgIpc) is 2.68. The van der Waals surface area contributed by atoms with Gasteiger partial charge in [-0.3, -0.25) is 5.10 Å². The number of hydrogen-bond acceptors (Lipinski definition) is 3. The molecule has 2 unspecified atom stereocenters. The standard InChI is InChI=1S/C12H18F3N3O2S/c1-7-11(8(2)17-16-7)21(19,20)18-10-6-4-3-5-9(10)12(13,14)15/h9-10,18H,3-6H2,1-2H3,(H,16,17). The summed E-state index contributed by atoms with van der Waals surface area (Å²) < 4.78 is 65.9. The number of nitrogens with one attached hydrogen (secondary N) is 2. The number of aromatic amines is 1. The SMILES string of the molecule is Cc1n[nH]c(C)c1S(=O)(=O)NC1CCCCC1C(F)(F)F. The number of nitrogens with zero attached hydrogens (tertiary/aromatic N) is 1. The van der Waals surface area contributed by atoms with E-state index in [1.807, 2.05) is 0 Å². The lowest BCUT2D eigenvalue weighted by atomic mass is 9.85. The largest absolute Gasteiger partial charge is 0.393 e. The van der Waals surface area contributed by atoms with Gasteiger partial charge in [-0.2, -0.15) is 18.3 Å². The second-order valence-electron chi connectivity index (χ2n) is 5.42. The molecule has 1 heterocycles. The van der Waals surface area contributed by atoms with Gasteiger partial charge >= 0.3 is 6.18 Å². The molecule has 0 aliphatic heterocycles. The molecule has 1 saturated carbocycles. The first kappa shape index (κ1) is 16.3. The van der Waals surface area contributed by atoms with Crippen LogP contribution in [0, 0.1) is 19.8 Å². The highest BCUT2D eigenvalue weighted by molar-refractivity contribution is 7.89. The van der Waals surface area contributed by atoms with Gasteiger partial charge in [0.25, 0.3) is 0 Å². The zero-order valence-corrected chi connectivity index (χ0v) is 12.6. The average molecular weight is 325 g/mol. The first-order valence-electron chi connectivity index (χ1n) is 6.73. The van der Waals surface area contributed by atoms with Crippen molar-refractivity contribution in [3.05, 3.63) is 11.4 Å². The molecule has 0 aromatic carbocycles. The molecule has 2 N–H and O–H groups in total. The third-order valence-electron chi connectivity index (χ3n) is 3.82. The Morgan fingerprint density at radius 3 is 2.38 bits per heavy atom. The van der Waals surface area contributed by atoms with E-state index >= 15 is 0 Å². The Morgan fingerprint density at radius 1 is 1.24 bits per heavy atom. The van der Waals surface area contributed by atoms with Crippen LogP contribution in [0.5, 0.6) is 0 Å². The van der Waals surface area contributed by atoms with Crippen LogP contribution in [0.1, 0.15) is 37.1 Å². The summed E-state index contributed by atoms with van der Waals surface area (Å²) in [6.07, 6.45) is -3.19. The Hall–Kier alpha value is -1.09. The minimum atomic E-state index is -4.39. The van der Waals surface area contributed by atoms with Gasteiger partial charge in [0.2, 0.25) is 10.0 Å². The number of aryl methyl sites for hydroxylation is 2. The van der Waals surface area contributed by atoms with Crippen LogP contribution in [-0.4, -0.2) is 30.8 Å². The first-order chi connectivity index (χ1) is 9.63. The highest BCUT2D eigenvalue weighted by Crippen LogP contribution is 2.38. The topological polar surface area (TPSA) is 74.8 Å². The lowest BCUT2D eigenvalue weighted by Crippen LogP contribution is -2.47. The number of aromatic nitrogens is 2. The fraction of sp³-hybridized carbons (Fsp3) is 0.750. The van der Waals surface area contributed by atoms with Gasteiger partial charge in [-0.15, -0.1) is 0 Å². The fourth-order valence-corrected chi connectivity index (χ4v) is 4.54. The van der Waals surface area contributed by atoms with E-state index in [4.69, 9.17) is 0 Å². The van der Waals surface area contributed by atoms with E-state index in [1.165, 1.54) is 13.8 Å². The van der Waals surface area contributed by atoms with Crippen molar-refractivity contribution in [3.8, 4) is 0 Å². The van der Waals surface area contributed by atoms with Crippen LogP contribution in [0.25, 0.3) is 0 Å². The smallest absolute Gasteiger partial charge is 0.281 e. The summed E-state index contributed by atoms with van der Waals surface area (Å²) in [5.74, 6) is -1.63. The van der Waals surface area contributed by atoms with E-state index in [1.54, 1.807) is 0 Å². The molecule has 0 spiro atoms. The van der Waals surface area contributed by atoms with Crippen molar-refractivity contribution in [1.29, 1.82) is 0 Å². The maximum atomic E-state index is 13.0. The van der Waals surface area contributed by atoms with Gasteiger partial charge in [0.05, 0.1) is 17.3 Å². The van der Waals surface area contributed by atoms with E-state index in [2.05, 4.69) is 14.9 Å². The van der Waals surface area contributed by atoms with Gasteiger partial charge in [0.1, 0.15) is 4.90 Å². The van der Waals surface area contributed by atoms with E-state index in [0.717, 1.165) is 0 Å². The monoisotopic (exact) mass is 325 g/mol. The maximum absolute atomic E-state index is 13.0. The summed E-state index contributed by atoms with van der Waals surface area (Å²) in [6, 6.07) is -1.11. The number of halogens is 3. The summed E-state index contributed by atoms with van der Waals surface area (Å²) in [5.41, 5.74) is 0.568. The second kappa shape index (κ2) is 5.60. The van der Waals surface area contributed by atoms with Gasteiger partial charge < -0.3 is 0 Å². The van der Waals surface area contributed by atoms with Crippen LogP contribution < -0.4 is 4.72 Å². The highest BCUT2D eigenvalue weighted by Gasteiger charge is 2.46. The predicted molar refractivity (Wildman–Crippen MR) is 70.2 cm³/mol. The fourth-order valence-electron chi connectivity index (χ4n) is 2.86. The molecule has 0 saturated heterocycles. The van der Waals surface area contributed by atoms with Crippen molar-refractivity contribution in [2.45, 2.75) is 56.6 Å². The third-order valence-corrected chi connectivity index (χ3v) is 5.57. The highest BCUT2D eigenvalue weighted by atomic mass is 32.2. The summed E-state index contributed by atoms with van der Waals surface area (Å²) in [6.45, 7) is 3.02.